The lowest BCUT2D eigenvalue weighted by molar-refractivity contribution is -0.116. The topological polar surface area (TPSA) is 100 Å². The molecule has 0 unspecified atom stereocenters. The predicted molar refractivity (Wildman–Crippen MR) is 91.7 cm³/mol. The van der Waals surface area contributed by atoms with E-state index in [1.807, 2.05) is 18.2 Å². The first kappa shape index (κ1) is 16.6. The molecule has 0 spiro atoms. The number of methoxy groups -OCH3 is 1. The number of aromatic nitrogens is 2. The number of nitrogens with zero attached hydrogens (tertiary/aromatic N) is 2. The van der Waals surface area contributed by atoms with Crippen molar-refractivity contribution in [3.63, 3.8) is 0 Å². The molecule has 0 fully saturated rings. The Morgan fingerprint density at radius 1 is 1.32 bits per heavy atom. The van der Waals surface area contributed by atoms with E-state index in [0.29, 0.717) is 23.0 Å². The zero-order valence-corrected chi connectivity index (χ0v) is 14.1. The molecule has 130 valence electrons. The van der Waals surface area contributed by atoms with Crippen molar-refractivity contribution in [3.8, 4) is 5.75 Å². The van der Waals surface area contributed by atoms with Crippen LogP contribution in [0.4, 0.5) is 5.82 Å². The quantitative estimate of drug-likeness (QED) is 0.740. The van der Waals surface area contributed by atoms with Crippen LogP contribution in [0.25, 0.3) is 10.9 Å². The molecule has 3 aromatic rings. The molecule has 0 saturated carbocycles. The van der Waals surface area contributed by atoms with Crippen LogP contribution >= 0.6 is 0 Å². The number of aromatic amines is 1. The zero-order chi connectivity index (χ0) is 18.0. The van der Waals surface area contributed by atoms with E-state index >= 15 is 0 Å². The highest BCUT2D eigenvalue weighted by molar-refractivity contribution is 6.01. The van der Waals surface area contributed by atoms with Gasteiger partial charge in [-0.15, -0.1) is 0 Å². The van der Waals surface area contributed by atoms with E-state index in [1.54, 1.807) is 33.2 Å². The monoisotopic (exact) mass is 342 g/mol. The lowest BCUT2D eigenvalue weighted by Crippen LogP contribution is -2.35. The van der Waals surface area contributed by atoms with Crippen LogP contribution < -0.4 is 10.1 Å². The van der Waals surface area contributed by atoms with Crippen LogP contribution in [0.3, 0.4) is 0 Å². The lowest BCUT2D eigenvalue weighted by Gasteiger charge is -2.15. The average Bonchev–Trinajstić information content (AvgIpc) is 3.18. The van der Waals surface area contributed by atoms with Crippen molar-refractivity contribution >= 4 is 28.5 Å². The van der Waals surface area contributed by atoms with E-state index in [1.165, 1.54) is 4.90 Å². The molecule has 2 amide bonds. The van der Waals surface area contributed by atoms with E-state index in [-0.39, 0.29) is 18.4 Å². The third-order valence-corrected chi connectivity index (χ3v) is 3.68. The summed E-state index contributed by atoms with van der Waals surface area (Å²) in [7, 11) is 3.14. The number of carbonyl (C=O) groups excluding carboxylic acids is 2. The number of hydrogen-bond acceptors (Lipinski definition) is 5. The van der Waals surface area contributed by atoms with Crippen LogP contribution in [0.1, 0.15) is 16.2 Å². The first-order valence-corrected chi connectivity index (χ1v) is 7.61. The van der Waals surface area contributed by atoms with Crippen molar-refractivity contribution in [2.24, 2.45) is 0 Å². The van der Waals surface area contributed by atoms with E-state index in [4.69, 9.17) is 9.26 Å². The van der Waals surface area contributed by atoms with Gasteiger partial charge in [0.05, 0.1) is 13.7 Å². The number of amides is 2. The van der Waals surface area contributed by atoms with E-state index in [2.05, 4.69) is 15.5 Å². The largest absolute Gasteiger partial charge is 0.497 e. The van der Waals surface area contributed by atoms with Crippen molar-refractivity contribution in [2.75, 3.05) is 26.0 Å². The Bertz CT molecular complexity index is 928. The fraction of sp³-hybridized carbons (Fsp3) is 0.235. The molecule has 8 nitrogen and oxygen atoms in total. The van der Waals surface area contributed by atoms with Crippen molar-refractivity contribution in [1.82, 2.24) is 15.0 Å². The molecule has 0 radical (unpaired) electrons. The van der Waals surface area contributed by atoms with Gasteiger partial charge in [0.25, 0.3) is 5.91 Å². The smallest absolute Gasteiger partial charge is 0.270 e. The Morgan fingerprint density at radius 2 is 2.12 bits per heavy atom. The highest BCUT2D eigenvalue weighted by atomic mass is 16.5. The van der Waals surface area contributed by atoms with E-state index in [9.17, 15) is 9.59 Å². The number of aryl methyl sites for hydroxylation is 1. The molecule has 8 heteroatoms. The number of rotatable bonds is 5. The van der Waals surface area contributed by atoms with Crippen LogP contribution in [0.2, 0.25) is 0 Å². The Kier molecular flexibility index (Phi) is 4.42. The normalized spacial score (nSPS) is 10.7. The summed E-state index contributed by atoms with van der Waals surface area (Å²) in [6.45, 7) is 1.62. The molecule has 0 bridgehead atoms. The number of nitrogens with one attached hydrogen (secondary N) is 2. The third kappa shape index (κ3) is 3.63. The summed E-state index contributed by atoms with van der Waals surface area (Å²) < 4.78 is 10.0. The minimum Gasteiger partial charge on any atom is -0.497 e. The Hall–Kier alpha value is -3.29. The van der Waals surface area contributed by atoms with Crippen LogP contribution in [0, 0.1) is 6.92 Å². The van der Waals surface area contributed by atoms with Gasteiger partial charge in [0.2, 0.25) is 5.91 Å². The first-order valence-electron chi connectivity index (χ1n) is 7.61. The summed E-state index contributed by atoms with van der Waals surface area (Å²) in [5.74, 6) is 0.960. The summed E-state index contributed by atoms with van der Waals surface area (Å²) in [5, 5.41) is 7.15. The van der Waals surface area contributed by atoms with E-state index in [0.717, 1.165) is 10.9 Å². The predicted octanol–water partition coefficient (Wildman–Crippen LogP) is 2.18. The number of benzene rings is 1. The van der Waals surface area contributed by atoms with Crippen LogP contribution in [-0.4, -0.2) is 47.6 Å². The summed E-state index contributed by atoms with van der Waals surface area (Å²) >= 11 is 0. The molecular formula is C17H18N4O4. The molecule has 0 saturated heterocycles. The van der Waals surface area contributed by atoms with Crippen molar-refractivity contribution in [1.29, 1.82) is 0 Å². The summed E-state index contributed by atoms with van der Waals surface area (Å²) in [4.78, 5) is 28.9. The Labute approximate surface area is 143 Å². The van der Waals surface area contributed by atoms with Gasteiger partial charge in [-0.2, -0.15) is 0 Å². The lowest BCUT2D eigenvalue weighted by atomic mass is 10.2. The fourth-order valence-electron chi connectivity index (χ4n) is 2.45. The highest BCUT2D eigenvalue weighted by Crippen LogP contribution is 2.21. The number of ether oxygens (including phenoxy) is 1. The summed E-state index contributed by atoms with van der Waals surface area (Å²) in [6.07, 6.45) is 0. The van der Waals surface area contributed by atoms with Crippen LogP contribution in [0.5, 0.6) is 5.75 Å². The molecule has 2 aromatic heterocycles. The third-order valence-electron chi connectivity index (χ3n) is 3.68. The second kappa shape index (κ2) is 6.68. The molecule has 2 N–H and O–H groups in total. The maximum Gasteiger partial charge on any atom is 0.270 e. The number of carbonyl (C=O) groups is 2. The SMILES string of the molecule is COc1ccc2cc(C(=O)N(C)CC(=O)Nc3cc(C)on3)[nH]c2c1. The van der Waals surface area contributed by atoms with Gasteiger partial charge in [0.15, 0.2) is 5.82 Å². The second-order valence-electron chi connectivity index (χ2n) is 5.67. The molecule has 0 aliphatic rings. The van der Waals surface area contributed by atoms with Crippen molar-refractivity contribution in [2.45, 2.75) is 6.92 Å². The molecule has 1 aromatic carbocycles. The molecule has 25 heavy (non-hydrogen) atoms. The van der Waals surface area contributed by atoms with Gasteiger partial charge in [0, 0.05) is 30.1 Å². The minimum atomic E-state index is -0.359. The number of anilines is 1. The number of H-pyrrole nitrogens is 1. The standard InChI is InChI=1S/C17H18N4O4/c1-10-6-15(20-25-10)19-16(22)9-21(2)17(23)14-7-11-4-5-12(24-3)8-13(11)18-14/h4-8,18H,9H2,1-3H3,(H,19,20,22). The minimum absolute atomic E-state index is 0.108. The number of fused-ring (bicyclic) bond motifs is 1. The van der Waals surface area contributed by atoms with Gasteiger partial charge in [-0.3, -0.25) is 9.59 Å². The van der Waals surface area contributed by atoms with Gasteiger partial charge in [-0.1, -0.05) is 5.16 Å². The molecule has 2 heterocycles. The molecule has 3 rings (SSSR count). The van der Waals surface area contributed by atoms with Gasteiger partial charge in [-0.05, 0) is 25.1 Å². The maximum absolute atomic E-state index is 12.5. The van der Waals surface area contributed by atoms with Crippen molar-refractivity contribution < 1.29 is 18.8 Å². The number of hydrogen-bond donors (Lipinski definition) is 2. The van der Waals surface area contributed by atoms with E-state index < -0.39 is 0 Å². The first-order chi connectivity index (χ1) is 12.0. The zero-order valence-electron chi connectivity index (χ0n) is 14.1. The van der Waals surface area contributed by atoms with Crippen molar-refractivity contribution in [3.05, 3.63) is 41.8 Å². The molecule has 0 aliphatic carbocycles. The average molecular weight is 342 g/mol. The molecular weight excluding hydrogens is 324 g/mol. The number of likely N-dealkylation sites (N-methyl/N-ethyl adjacent to an activating group) is 1. The summed E-state index contributed by atoms with van der Waals surface area (Å²) in [5.41, 5.74) is 1.19. The van der Waals surface area contributed by atoms with Crippen LogP contribution in [-0.2, 0) is 4.79 Å². The van der Waals surface area contributed by atoms with Gasteiger partial charge in [0.1, 0.15) is 17.2 Å². The molecule has 0 atom stereocenters. The Balaban J connectivity index is 1.68. The van der Waals surface area contributed by atoms with Gasteiger partial charge >= 0.3 is 0 Å². The fourth-order valence-corrected chi connectivity index (χ4v) is 2.45. The molecule has 0 aliphatic heterocycles. The summed E-state index contributed by atoms with van der Waals surface area (Å²) in [6, 6.07) is 8.84. The van der Waals surface area contributed by atoms with Crippen LogP contribution in [0.15, 0.2) is 34.9 Å². The maximum atomic E-state index is 12.5. The highest BCUT2D eigenvalue weighted by Gasteiger charge is 2.18. The Morgan fingerprint density at radius 3 is 2.80 bits per heavy atom. The van der Waals surface area contributed by atoms with Gasteiger partial charge < -0.3 is 24.5 Å². The van der Waals surface area contributed by atoms with Gasteiger partial charge in [-0.25, -0.2) is 0 Å². The second-order valence-corrected chi connectivity index (χ2v) is 5.67.